The summed E-state index contributed by atoms with van der Waals surface area (Å²) in [6.07, 6.45) is 4.64. The van der Waals surface area contributed by atoms with Crippen molar-refractivity contribution in [3.8, 4) is 0 Å². The predicted octanol–water partition coefficient (Wildman–Crippen LogP) is 4.17. The number of nitrogens with zero attached hydrogens (tertiary/aromatic N) is 2. The maximum Gasteiger partial charge on any atom is 0.237 e. The van der Waals surface area contributed by atoms with Crippen molar-refractivity contribution >= 4 is 18.0 Å². The maximum atomic E-state index is 5.64. The zero-order valence-electron chi connectivity index (χ0n) is 12.8. The molecule has 0 unspecified atom stereocenters. The normalized spacial score (nSPS) is 12.7. The highest BCUT2D eigenvalue weighted by atomic mass is 32.2. The Bertz CT molecular complexity index is 391. The molecule has 1 rings (SSSR count). The predicted molar refractivity (Wildman–Crippen MR) is 84.4 cm³/mol. The van der Waals surface area contributed by atoms with E-state index in [2.05, 4.69) is 44.6 Å². The van der Waals surface area contributed by atoms with Crippen molar-refractivity contribution in [3.05, 3.63) is 17.8 Å². The van der Waals surface area contributed by atoms with Crippen LogP contribution in [0.25, 0.3) is 0 Å². The second-order valence-corrected chi connectivity index (χ2v) is 7.32. The lowest BCUT2D eigenvalue weighted by Gasteiger charge is -2.12. The number of thioether (sulfide) groups is 1. The molecule has 0 saturated heterocycles. The minimum atomic E-state index is 0.00652. The molecule has 0 aliphatic carbocycles. The topological polar surface area (TPSA) is 38.4 Å². The Hall–Kier alpha value is -0.770. The molecule has 0 spiro atoms. The van der Waals surface area contributed by atoms with Gasteiger partial charge >= 0.3 is 0 Å². The van der Waals surface area contributed by atoms with Crippen LogP contribution in [0.4, 0.5) is 0 Å². The van der Waals surface area contributed by atoms with Crippen molar-refractivity contribution in [3.63, 3.8) is 0 Å². The number of aliphatic imine (C=N–C) groups is 1. The van der Waals surface area contributed by atoms with Crippen molar-refractivity contribution in [2.45, 2.75) is 46.5 Å². The molecule has 0 aliphatic heterocycles. The molecule has 0 fully saturated rings. The summed E-state index contributed by atoms with van der Waals surface area (Å²) in [6, 6.07) is 0. The molecule has 0 atom stereocenters. The van der Waals surface area contributed by atoms with Crippen LogP contribution in [-0.4, -0.2) is 29.2 Å². The number of hydrogen-bond acceptors (Lipinski definition) is 4. The molecule has 0 bridgehead atoms. The van der Waals surface area contributed by atoms with Crippen LogP contribution in [0, 0.1) is 5.92 Å². The molecule has 0 saturated carbocycles. The summed E-state index contributed by atoms with van der Waals surface area (Å²) >= 11 is 2.00. The molecule has 4 heteroatoms. The van der Waals surface area contributed by atoms with E-state index >= 15 is 0 Å². The van der Waals surface area contributed by atoms with Crippen LogP contribution in [0.5, 0.6) is 0 Å². The smallest absolute Gasteiger partial charge is 0.237 e. The Kier molecular flexibility index (Phi) is 6.63. The average molecular weight is 282 g/mol. The van der Waals surface area contributed by atoms with Crippen LogP contribution >= 0.6 is 11.8 Å². The fourth-order valence-corrected chi connectivity index (χ4v) is 2.38. The molecule has 0 amide bonds. The first-order valence-electron chi connectivity index (χ1n) is 6.93. The summed E-state index contributed by atoms with van der Waals surface area (Å²) in [4.78, 5) is 8.58. The van der Waals surface area contributed by atoms with Gasteiger partial charge in [-0.3, -0.25) is 4.99 Å². The molecular weight excluding hydrogens is 256 g/mol. The highest BCUT2D eigenvalue weighted by Gasteiger charge is 2.18. The minimum absolute atomic E-state index is 0.00652. The van der Waals surface area contributed by atoms with Crippen molar-refractivity contribution in [1.82, 2.24) is 4.98 Å². The Morgan fingerprint density at radius 1 is 1.42 bits per heavy atom. The molecular formula is C15H26N2OS. The van der Waals surface area contributed by atoms with Gasteiger partial charge in [-0.05, 0) is 23.8 Å². The zero-order valence-corrected chi connectivity index (χ0v) is 13.6. The highest BCUT2D eigenvalue weighted by Crippen LogP contribution is 2.22. The van der Waals surface area contributed by atoms with E-state index in [4.69, 9.17) is 4.42 Å². The molecule has 0 N–H and O–H groups in total. The molecule has 108 valence electrons. The van der Waals surface area contributed by atoms with Gasteiger partial charge in [0.1, 0.15) is 5.76 Å². The van der Waals surface area contributed by atoms with Gasteiger partial charge < -0.3 is 4.42 Å². The van der Waals surface area contributed by atoms with Crippen LogP contribution in [-0.2, 0) is 5.41 Å². The lowest BCUT2D eigenvalue weighted by molar-refractivity contribution is 0.404. The standard InChI is InChI=1S/C15H26N2OS/c1-12(2)11-19-8-6-7-16-10-14-17-9-13(18-14)15(3,4)5/h9-10,12H,6-8,11H2,1-5H3/b16-10+. The van der Waals surface area contributed by atoms with Crippen LogP contribution in [0.1, 0.15) is 52.7 Å². The summed E-state index contributed by atoms with van der Waals surface area (Å²) in [5, 5.41) is 0. The minimum Gasteiger partial charge on any atom is -0.440 e. The fraction of sp³-hybridized carbons (Fsp3) is 0.733. The third kappa shape index (κ3) is 6.81. The molecule has 1 aromatic heterocycles. The van der Waals surface area contributed by atoms with Gasteiger partial charge in [0.25, 0.3) is 0 Å². The summed E-state index contributed by atoms with van der Waals surface area (Å²) in [6.45, 7) is 11.7. The van der Waals surface area contributed by atoms with Gasteiger partial charge in [0, 0.05) is 12.0 Å². The van der Waals surface area contributed by atoms with Gasteiger partial charge in [0.2, 0.25) is 5.89 Å². The highest BCUT2D eigenvalue weighted by molar-refractivity contribution is 7.99. The number of hydrogen-bond donors (Lipinski definition) is 0. The summed E-state index contributed by atoms with van der Waals surface area (Å²) in [5.74, 6) is 4.70. The van der Waals surface area contributed by atoms with Gasteiger partial charge in [-0.1, -0.05) is 34.6 Å². The van der Waals surface area contributed by atoms with Gasteiger partial charge in [-0.2, -0.15) is 11.8 Å². The quantitative estimate of drug-likeness (QED) is 0.556. The Labute approximate surface area is 121 Å². The van der Waals surface area contributed by atoms with Crippen LogP contribution in [0.3, 0.4) is 0 Å². The van der Waals surface area contributed by atoms with Crippen LogP contribution in [0.2, 0.25) is 0 Å². The molecule has 1 heterocycles. The second-order valence-electron chi connectivity index (χ2n) is 6.17. The Morgan fingerprint density at radius 3 is 2.74 bits per heavy atom. The van der Waals surface area contributed by atoms with Crippen molar-refractivity contribution in [1.29, 1.82) is 0 Å². The van der Waals surface area contributed by atoms with Crippen LogP contribution < -0.4 is 0 Å². The second kappa shape index (κ2) is 7.73. The zero-order chi connectivity index (χ0) is 14.3. The van der Waals surface area contributed by atoms with E-state index < -0.39 is 0 Å². The van der Waals surface area contributed by atoms with E-state index in [9.17, 15) is 0 Å². The number of rotatable bonds is 7. The Morgan fingerprint density at radius 2 is 2.16 bits per heavy atom. The number of aromatic nitrogens is 1. The van der Waals surface area contributed by atoms with Gasteiger partial charge in [0.05, 0.1) is 12.4 Å². The lowest BCUT2D eigenvalue weighted by atomic mass is 9.94. The van der Waals surface area contributed by atoms with Gasteiger partial charge in [-0.15, -0.1) is 0 Å². The molecule has 3 nitrogen and oxygen atoms in total. The first kappa shape index (κ1) is 16.3. The van der Waals surface area contributed by atoms with Crippen molar-refractivity contribution in [2.24, 2.45) is 10.9 Å². The molecule has 1 aromatic rings. The summed E-state index contributed by atoms with van der Waals surface area (Å²) < 4.78 is 5.64. The fourth-order valence-electron chi connectivity index (χ4n) is 1.41. The average Bonchev–Trinajstić information content (AvgIpc) is 2.75. The monoisotopic (exact) mass is 282 g/mol. The summed E-state index contributed by atoms with van der Waals surface area (Å²) in [5.41, 5.74) is 0.00652. The third-order valence-corrected chi connectivity index (χ3v) is 3.97. The molecule has 19 heavy (non-hydrogen) atoms. The van der Waals surface area contributed by atoms with Crippen molar-refractivity contribution < 1.29 is 4.42 Å². The molecule has 0 aliphatic rings. The van der Waals surface area contributed by atoms with E-state index in [0.717, 1.165) is 24.6 Å². The molecule has 0 radical (unpaired) electrons. The van der Waals surface area contributed by atoms with Gasteiger partial charge in [-0.25, -0.2) is 4.98 Å². The molecule has 0 aromatic carbocycles. The summed E-state index contributed by atoms with van der Waals surface area (Å²) in [7, 11) is 0. The van der Waals surface area contributed by atoms with E-state index in [1.165, 1.54) is 11.5 Å². The third-order valence-electron chi connectivity index (χ3n) is 2.49. The largest absolute Gasteiger partial charge is 0.440 e. The Balaban J connectivity index is 2.24. The number of oxazole rings is 1. The van der Waals surface area contributed by atoms with E-state index in [1.807, 2.05) is 11.8 Å². The maximum absolute atomic E-state index is 5.64. The lowest BCUT2D eigenvalue weighted by Crippen LogP contribution is -2.09. The SMILES string of the molecule is CC(C)CSCCC/N=C/c1ncc(C(C)(C)C)o1. The van der Waals surface area contributed by atoms with Crippen molar-refractivity contribution in [2.75, 3.05) is 18.1 Å². The van der Waals surface area contributed by atoms with E-state index in [1.54, 1.807) is 12.4 Å². The van der Waals surface area contributed by atoms with E-state index in [0.29, 0.717) is 5.89 Å². The van der Waals surface area contributed by atoms with Gasteiger partial charge in [0.15, 0.2) is 0 Å². The van der Waals surface area contributed by atoms with E-state index in [-0.39, 0.29) is 5.41 Å². The first-order chi connectivity index (χ1) is 8.89. The van der Waals surface area contributed by atoms with Crippen LogP contribution in [0.15, 0.2) is 15.6 Å². The first-order valence-corrected chi connectivity index (χ1v) is 8.09.